The van der Waals surface area contributed by atoms with Crippen LogP contribution in [0.25, 0.3) is 0 Å². The molecule has 6 heteroatoms. The lowest BCUT2D eigenvalue weighted by Gasteiger charge is -2.35. The van der Waals surface area contributed by atoms with Crippen LogP contribution in [0, 0.1) is 0 Å². The van der Waals surface area contributed by atoms with Crippen molar-refractivity contribution >= 4 is 9.84 Å². The number of hydrogen-bond acceptors (Lipinski definition) is 5. The van der Waals surface area contributed by atoms with Gasteiger partial charge in [-0.05, 0) is 25.8 Å². The summed E-state index contributed by atoms with van der Waals surface area (Å²) in [4.78, 5) is 5.10. The summed E-state index contributed by atoms with van der Waals surface area (Å²) in [5.74, 6) is 0.638. The van der Waals surface area contributed by atoms with E-state index in [9.17, 15) is 8.42 Å². The van der Waals surface area contributed by atoms with Crippen LogP contribution in [0.4, 0.5) is 0 Å². The van der Waals surface area contributed by atoms with Crippen LogP contribution in [0.2, 0.25) is 0 Å². The Hall–Kier alpha value is -0.170. The number of nitrogens with one attached hydrogen (secondary N) is 1. The molecule has 5 nitrogen and oxygen atoms in total. The Morgan fingerprint density at radius 1 is 1.11 bits per heavy atom. The van der Waals surface area contributed by atoms with E-state index in [0.717, 1.165) is 32.1 Å². The van der Waals surface area contributed by atoms with Gasteiger partial charge in [0.25, 0.3) is 0 Å². The molecule has 2 heterocycles. The van der Waals surface area contributed by atoms with Gasteiger partial charge in [-0.3, -0.25) is 4.90 Å². The summed E-state index contributed by atoms with van der Waals surface area (Å²) in [5, 5.41) is 3.34. The number of rotatable bonds is 4. The summed E-state index contributed by atoms with van der Waals surface area (Å²) in [6.45, 7) is 6.35. The molecule has 2 aliphatic heterocycles. The fourth-order valence-electron chi connectivity index (χ4n) is 3.18. The van der Waals surface area contributed by atoms with E-state index in [1.54, 1.807) is 0 Å². The lowest BCUT2D eigenvalue weighted by Crippen LogP contribution is -2.50. The van der Waals surface area contributed by atoms with Crippen LogP contribution < -0.4 is 5.32 Å². The maximum atomic E-state index is 11.6. The summed E-state index contributed by atoms with van der Waals surface area (Å²) in [6.07, 6.45) is 3.75. The zero-order valence-corrected chi connectivity index (χ0v) is 12.4. The van der Waals surface area contributed by atoms with E-state index in [1.807, 2.05) is 0 Å². The Morgan fingerprint density at radius 3 is 2.47 bits per heavy atom. The molecule has 3 rings (SSSR count). The molecule has 110 valence electrons. The van der Waals surface area contributed by atoms with E-state index in [1.165, 1.54) is 25.9 Å². The molecule has 0 amide bonds. The summed E-state index contributed by atoms with van der Waals surface area (Å²) in [7, 11) is -2.79. The highest BCUT2D eigenvalue weighted by Gasteiger charge is 2.31. The van der Waals surface area contributed by atoms with Crippen molar-refractivity contribution in [3.63, 3.8) is 0 Å². The Morgan fingerprint density at radius 2 is 1.84 bits per heavy atom. The minimum absolute atomic E-state index is 0.167. The Labute approximate surface area is 116 Å². The molecule has 0 aromatic carbocycles. The molecule has 0 aromatic rings. The van der Waals surface area contributed by atoms with Crippen molar-refractivity contribution in [2.24, 2.45) is 0 Å². The summed E-state index contributed by atoms with van der Waals surface area (Å²) in [5.41, 5.74) is 0. The van der Waals surface area contributed by atoms with Crippen LogP contribution in [0.5, 0.6) is 0 Å². The van der Waals surface area contributed by atoms with Crippen molar-refractivity contribution in [2.45, 2.75) is 31.3 Å². The average molecular weight is 287 g/mol. The zero-order chi connectivity index (χ0) is 13.3. The van der Waals surface area contributed by atoms with E-state index < -0.39 is 9.84 Å². The first kappa shape index (κ1) is 13.8. The standard InChI is InChI=1S/C13H25N3O2S/c17-19(18)10-4-14-12(11-19)3-5-15-6-8-16(9-7-15)13-1-2-13/h12-14H,1-11H2. The largest absolute Gasteiger partial charge is 0.312 e. The first-order valence-corrected chi connectivity index (χ1v) is 9.35. The van der Waals surface area contributed by atoms with Gasteiger partial charge in [0, 0.05) is 44.8 Å². The molecule has 1 atom stereocenters. The molecule has 3 aliphatic rings. The highest BCUT2D eigenvalue weighted by atomic mass is 32.2. The highest BCUT2D eigenvalue weighted by molar-refractivity contribution is 7.91. The minimum atomic E-state index is -2.79. The van der Waals surface area contributed by atoms with Crippen molar-refractivity contribution < 1.29 is 8.42 Å². The number of piperazine rings is 1. The second-order valence-corrected chi connectivity index (χ2v) is 8.39. The summed E-state index contributed by atoms with van der Waals surface area (Å²) >= 11 is 0. The molecule has 0 aromatic heterocycles. The molecular weight excluding hydrogens is 262 g/mol. The van der Waals surface area contributed by atoms with Gasteiger partial charge in [0.15, 0.2) is 9.84 Å². The van der Waals surface area contributed by atoms with E-state index in [-0.39, 0.29) is 6.04 Å². The molecule has 3 fully saturated rings. The molecule has 2 saturated heterocycles. The number of nitrogens with zero attached hydrogens (tertiary/aromatic N) is 2. The third kappa shape index (κ3) is 3.90. The van der Waals surface area contributed by atoms with E-state index in [2.05, 4.69) is 15.1 Å². The lowest BCUT2D eigenvalue weighted by molar-refractivity contribution is 0.123. The second-order valence-electron chi connectivity index (χ2n) is 6.16. The Kier molecular flexibility index (Phi) is 4.12. The summed E-state index contributed by atoms with van der Waals surface area (Å²) < 4.78 is 23.2. The van der Waals surface area contributed by atoms with Gasteiger partial charge >= 0.3 is 0 Å². The second kappa shape index (κ2) is 5.68. The molecule has 1 unspecified atom stereocenters. The molecule has 0 radical (unpaired) electrons. The quantitative estimate of drug-likeness (QED) is 0.758. The predicted molar refractivity (Wildman–Crippen MR) is 76.1 cm³/mol. The third-order valence-electron chi connectivity index (χ3n) is 4.57. The molecule has 0 spiro atoms. The minimum Gasteiger partial charge on any atom is -0.312 e. The van der Waals surface area contributed by atoms with Crippen LogP contribution >= 0.6 is 0 Å². The van der Waals surface area contributed by atoms with E-state index in [4.69, 9.17) is 0 Å². The van der Waals surface area contributed by atoms with E-state index in [0.29, 0.717) is 18.1 Å². The molecule has 1 N–H and O–H groups in total. The first-order valence-electron chi connectivity index (χ1n) is 7.53. The van der Waals surface area contributed by atoms with E-state index >= 15 is 0 Å². The summed E-state index contributed by atoms with van der Waals surface area (Å²) in [6, 6.07) is 1.05. The maximum absolute atomic E-state index is 11.6. The topological polar surface area (TPSA) is 52.7 Å². The Balaban J connectivity index is 1.38. The van der Waals surface area contributed by atoms with Gasteiger partial charge in [0.2, 0.25) is 0 Å². The fraction of sp³-hybridized carbons (Fsp3) is 1.00. The van der Waals surface area contributed by atoms with Gasteiger partial charge in [-0.25, -0.2) is 8.42 Å². The van der Waals surface area contributed by atoms with Crippen molar-refractivity contribution in [2.75, 3.05) is 50.8 Å². The van der Waals surface area contributed by atoms with Crippen LogP contribution in [0.15, 0.2) is 0 Å². The predicted octanol–water partition coefficient (Wildman–Crippen LogP) is -0.457. The van der Waals surface area contributed by atoms with Gasteiger partial charge in [-0.1, -0.05) is 0 Å². The van der Waals surface area contributed by atoms with Crippen LogP contribution in [-0.2, 0) is 9.84 Å². The number of hydrogen-bond donors (Lipinski definition) is 1. The van der Waals surface area contributed by atoms with Crippen molar-refractivity contribution in [3.8, 4) is 0 Å². The average Bonchev–Trinajstić information content (AvgIpc) is 3.20. The van der Waals surface area contributed by atoms with Gasteiger partial charge in [0.1, 0.15) is 0 Å². The first-order chi connectivity index (χ1) is 9.12. The molecule has 0 bridgehead atoms. The van der Waals surface area contributed by atoms with Crippen molar-refractivity contribution in [1.82, 2.24) is 15.1 Å². The van der Waals surface area contributed by atoms with Crippen LogP contribution in [-0.4, -0.2) is 81.1 Å². The van der Waals surface area contributed by atoms with Crippen molar-refractivity contribution in [1.29, 1.82) is 0 Å². The monoisotopic (exact) mass is 287 g/mol. The fourth-order valence-corrected chi connectivity index (χ4v) is 4.68. The van der Waals surface area contributed by atoms with Crippen LogP contribution in [0.1, 0.15) is 19.3 Å². The molecule has 1 saturated carbocycles. The smallest absolute Gasteiger partial charge is 0.153 e. The third-order valence-corrected chi connectivity index (χ3v) is 6.30. The van der Waals surface area contributed by atoms with Gasteiger partial charge in [-0.15, -0.1) is 0 Å². The van der Waals surface area contributed by atoms with Gasteiger partial charge in [0.05, 0.1) is 11.5 Å². The van der Waals surface area contributed by atoms with Crippen LogP contribution in [0.3, 0.4) is 0 Å². The zero-order valence-electron chi connectivity index (χ0n) is 11.6. The lowest BCUT2D eigenvalue weighted by atomic mass is 10.2. The van der Waals surface area contributed by atoms with Crippen molar-refractivity contribution in [3.05, 3.63) is 0 Å². The normalized spacial score (nSPS) is 33.4. The molecule has 19 heavy (non-hydrogen) atoms. The maximum Gasteiger partial charge on any atom is 0.153 e. The Bertz CT molecular complexity index is 400. The molecular formula is C13H25N3O2S. The highest BCUT2D eigenvalue weighted by Crippen LogP contribution is 2.27. The SMILES string of the molecule is O=S1(=O)CCNC(CCN2CCN(C3CC3)CC2)C1. The molecule has 1 aliphatic carbocycles. The van der Waals surface area contributed by atoms with Gasteiger partial charge < -0.3 is 10.2 Å². The number of sulfone groups is 1. The van der Waals surface area contributed by atoms with Gasteiger partial charge in [-0.2, -0.15) is 0 Å².